The van der Waals surface area contributed by atoms with Crippen LogP contribution in [0.3, 0.4) is 0 Å². The van der Waals surface area contributed by atoms with Crippen LogP contribution in [0.2, 0.25) is 0 Å². The first-order valence-corrected chi connectivity index (χ1v) is 6.46. The number of aryl methyl sites for hydroxylation is 1. The van der Waals surface area contributed by atoms with Crippen LogP contribution in [0.4, 0.5) is 0 Å². The Labute approximate surface area is 116 Å². The minimum Gasteiger partial charge on any atom is -0.470 e. The third kappa shape index (κ3) is 3.07. The van der Waals surface area contributed by atoms with Crippen molar-refractivity contribution < 1.29 is 9.47 Å². The maximum Gasteiger partial charge on any atom is 0.347 e. The van der Waals surface area contributed by atoms with Gasteiger partial charge in [-0.2, -0.15) is 0 Å². The van der Waals surface area contributed by atoms with E-state index >= 15 is 0 Å². The van der Waals surface area contributed by atoms with Crippen LogP contribution in [0, 0.1) is 0 Å². The molecule has 0 aliphatic carbocycles. The summed E-state index contributed by atoms with van der Waals surface area (Å²) in [6.45, 7) is 5.58. The van der Waals surface area contributed by atoms with Crippen molar-refractivity contribution in [2.45, 2.75) is 25.6 Å². The Balaban J connectivity index is 2.08. The fourth-order valence-corrected chi connectivity index (χ4v) is 2.09. The number of nitrogens with one attached hydrogen (secondary N) is 1. The first-order valence-electron chi connectivity index (χ1n) is 6.46. The Morgan fingerprint density at radius 1 is 1.45 bits per heavy atom. The van der Waals surface area contributed by atoms with Crippen LogP contribution >= 0.6 is 0 Å². The highest BCUT2D eigenvalue weighted by molar-refractivity contribution is 5.01. The molecule has 1 aromatic heterocycles. The standard InChI is InChI=1S/C12H20N4O4/c1-12(2)7-13-5-8(20-12)6-19-9-10(17)15(3)11(18)16(4)14-9/h8,13H,5-7H2,1-4H3. The normalized spacial score (nSPS) is 21.7. The molecule has 1 unspecified atom stereocenters. The second-order valence-electron chi connectivity index (χ2n) is 5.52. The number of morpholine rings is 1. The first-order chi connectivity index (χ1) is 9.30. The predicted molar refractivity (Wildman–Crippen MR) is 72.0 cm³/mol. The highest BCUT2D eigenvalue weighted by atomic mass is 16.6. The Morgan fingerprint density at radius 2 is 2.15 bits per heavy atom. The number of ether oxygens (including phenoxy) is 2. The molecular formula is C12H20N4O4. The molecule has 8 nitrogen and oxygen atoms in total. The molecule has 1 aliphatic heterocycles. The van der Waals surface area contributed by atoms with Gasteiger partial charge in [-0.3, -0.25) is 9.36 Å². The number of hydrogen-bond donors (Lipinski definition) is 1. The van der Waals surface area contributed by atoms with Gasteiger partial charge in [0.1, 0.15) is 12.7 Å². The molecular weight excluding hydrogens is 264 g/mol. The van der Waals surface area contributed by atoms with E-state index < -0.39 is 11.2 Å². The highest BCUT2D eigenvalue weighted by Crippen LogP contribution is 2.15. The van der Waals surface area contributed by atoms with Gasteiger partial charge < -0.3 is 14.8 Å². The van der Waals surface area contributed by atoms with E-state index in [2.05, 4.69) is 10.4 Å². The van der Waals surface area contributed by atoms with Crippen LogP contribution in [0.15, 0.2) is 9.59 Å². The molecule has 1 fully saturated rings. The monoisotopic (exact) mass is 284 g/mol. The van der Waals surface area contributed by atoms with Crippen molar-refractivity contribution in [3.8, 4) is 5.88 Å². The van der Waals surface area contributed by atoms with Gasteiger partial charge in [-0.15, -0.1) is 5.10 Å². The van der Waals surface area contributed by atoms with Crippen molar-refractivity contribution in [1.29, 1.82) is 0 Å². The average Bonchev–Trinajstić information content (AvgIpc) is 2.38. The van der Waals surface area contributed by atoms with Crippen LogP contribution in [0.5, 0.6) is 5.88 Å². The minimum atomic E-state index is -0.545. The molecule has 1 atom stereocenters. The quantitative estimate of drug-likeness (QED) is 0.736. The Hall–Kier alpha value is -1.67. The van der Waals surface area contributed by atoms with Gasteiger partial charge in [0, 0.05) is 27.2 Å². The average molecular weight is 284 g/mol. The van der Waals surface area contributed by atoms with Crippen LogP contribution in [0.25, 0.3) is 0 Å². The van der Waals surface area contributed by atoms with Gasteiger partial charge in [0.15, 0.2) is 0 Å². The molecule has 1 saturated heterocycles. The van der Waals surface area contributed by atoms with E-state index in [1.807, 2.05) is 13.8 Å². The van der Waals surface area contributed by atoms with E-state index in [1.54, 1.807) is 0 Å². The molecule has 1 aliphatic rings. The topological polar surface area (TPSA) is 87.4 Å². The zero-order chi connectivity index (χ0) is 14.9. The zero-order valence-corrected chi connectivity index (χ0v) is 12.2. The highest BCUT2D eigenvalue weighted by Gasteiger charge is 2.29. The van der Waals surface area contributed by atoms with Crippen LogP contribution in [-0.4, -0.2) is 45.7 Å². The lowest BCUT2D eigenvalue weighted by molar-refractivity contribution is -0.107. The van der Waals surface area contributed by atoms with Gasteiger partial charge in [-0.25, -0.2) is 9.48 Å². The van der Waals surface area contributed by atoms with Crippen LogP contribution < -0.4 is 21.3 Å². The molecule has 0 bridgehead atoms. The van der Waals surface area contributed by atoms with Gasteiger partial charge in [0.2, 0.25) is 0 Å². The number of nitrogens with zero attached hydrogens (tertiary/aromatic N) is 3. The van der Waals surface area contributed by atoms with Crippen LogP contribution in [0.1, 0.15) is 13.8 Å². The lowest BCUT2D eigenvalue weighted by atomic mass is 10.1. The number of rotatable bonds is 3. The second-order valence-corrected chi connectivity index (χ2v) is 5.52. The van der Waals surface area contributed by atoms with E-state index in [4.69, 9.17) is 9.47 Å². The number of hydrogen-bond acceptors (Lipinski definition) is 6. The molecule has 2 rings (SSSR count). The molecule has 8 heteroatoms. The Kier molecular flexibility index (Phi) is 3.96. The summed E-state index contributed by atoms with van der Waals surface area (Å²) >= 11 is 0. The molecule has 0 aromatic carbocycles. The fourth-order valence-electron chi connectivity index (χ4n) is 2.09. The molecule has 1 aromatic rings. The third-order valence-electron chi connectivity index (χ3n) is 3.11. The first kappa shape index (κ1) is 14.7. The van der Waals surface area contributed by atoms with Crippen molar-refractivity contribution >= 4 is 0 Å². The van der Waals surface area contributed by atoms with Crippen molar-refractivity contribution in [1.82, 2.24) is 19.7 Å². The summed E-state index contributed by atoms with van der Waals surface area (Å²) in [6.07, 6.45) is -0.164. The van der Waals surface area contributed by atoms with Crippen molar-refractivity contribution in [2.24, 2.45) is 14.1 Å². The number of aromatic nitrogens is 3. The summed E-state index contributed by atoms with van der Waals surface area (Å²) in [5, 5.41) is 7.07. The van der Waals surface area contributed by atoms with Crippen molar-refractivity contribution in [3.63, 3.8) is 0 Å². The van der Waals surface area contributed by atoms with Gasteiger partial charge >= 0.3 is 11.2 Å². The van der Waals surface area contributed by atoms with Crippen molar-refractivity contribution in [2.75, 3.05) is 19.7 Å². The van der Waals surface area contributed by atoms with Gasteiger partial charge in [0.05, 0.1) is 5.60 Å². The smallest absolute Gasteiger partial charge is 0.347 e. The minimum absolute atomic E-state index is 0.0958. The third-order valence-corrected chi connectivity index (χ3v) is 3.11. The molecule has 0 amide bonds. The molecule has 2 heterocycles. The van der Waals surface area contributed by atoms with Crippen molar-refractivity contribution in [3.05, 3.63) is 20.8 Å². The molecule has 112 valence electrons. The van der Waals surface area contributed by atoms with E-state index in [0.717, 1.165) is 15.8 Å². The van der Waals surface area contributed by atoms with Gasteiger partial charge in [-0.1, -0.05) is 0 Å². The lowest BCUT2D eigenvalue weighted by Crippen LogP contribution is -2.52. The fraction of sp³-hybridized carbons (Fsp3) is 0.750. The van der Waals surface area contributed by atoms with Gasteiger partial charge in [-0.05, 0) is 13.8 Å². The molecule has 0 radical (unpaired) electrons. The molecule has 1 N–H and O–H groups in total. The zero-order valence-electron chi connectivity index (χ0n) is 12.2. The summed E-state index contributed by atoms with van der Waals surface area (Å²) in [4.78, 5) is 23.4. The summed E-state index contributed by atoms with van der Waals surface area (Å²) < 4.78 is 13.3. The van der Waals surface area contributed by atoms with Crippen LogP contribution in [-0.2, 0) is 18.8 Å². The molecule has 0 saturated carbocycles. The van der Waals surface area contributed by atoms with E-state index in [1.165, 1.54) is 14.1 Å². The second kappa shape index (κ2) is 5.37. The summed E-state index contributed by atoms with van der Waals surface area (Å²) in [6, 6.07) is 0. The predicted octanol–water partition coefficient (Wildman–Crippen LogP) is -1.38. The molecule has 0 spiro atoms. The largest absolute Gasteiger partial charge is 0.470 e. The Bertz CT molecular complexity index is 604. The lowest BCUT2D eigenvalue weighted by Gasteiger charge is -2.36. The van der Waals surface area contributed by atoms with E-state index in [9.17, 15) is 9.59 Å². The summed E-state index contributed by atoms with van der Waals surface area (Å²) in [5.41, 5.74) is -1.30. The van der Waals surface area contributed by atoms with Gasteiger partial charge in [0.25, 0.3) is 5.88 Å². The summed E-state index contributed by atoms with van der Waals surface area (Å²) in [5.74, 6) is -0.0958. The van der Waals surface area contributed by atoms with E-state index in [0.29, 0.717) is 6.54 Å². The van der Waals surface area contributed by atoms with E-state index in [-0.39, 0.29) is 24.2 Å². The molecule has 20 heavy (non-hydrogen) atoms. The maximum atomic E-state index is 11.8. The Morgan fingerprint density at radius 3 is 2.80 bits per heavy atom. The maximum absolute atomic E-state index is 11.8. The summed E-state index contributed by atoms with van der Waals surface area (Å²) in [7, 11) is 2.86. The SMILES string of the molecule is Cn1nc(OCC2CNCC(C)(C)O2)c(=O)n(C)c1=O.